The molecule has 0 aliphatic carbocycles. The van der Waals surface area contributed by atoms with Gasteiger partial charge in [0.15, 0.2) is 0 Å². The lowest BCUT2D eigenvalue weighted by Crippen LogP contribution is -2.14. The summed E-state index contributed by atoms with van der Waals surface area (Å²) in [5.74, 6) is -0.216. The molecule has 0 unspecified atom stereocenters. The number of methoxy groups -OCH3 is 1. The maximum atomic E-state index is 12.7. The van der Waals surface area contributed by atoms with E-state index in [4.69, 9.17) is 4.74 Å². The minimum absolute atomic E-state index is 0.115. The highest BCUT2D eigenvalue weighted by Gasteiger charge is 2.18. The fraction of sp³-hybridized carbons (Fsp3) is 0.0500. The van der Waals surface area contributed by atoms with Gasteiger partial charge < -0.3 is 15.2 Å². The zero-order chi connectivity index (χ0) is 17.6. The van der Waals surface area contributed by atoms with E-state index in [2.05, 4.69) is 5.32 Å². The molecule has 25 heavy (non-hydrogen) atoms. The number of carbonyl (C=O) groups is 1. The third kappa shape index (κ3) is 3.95. The summed E-state index contributed by atoms with van der Waals surface area (Å²) >= 11 is 1.56. The van der Waals surface area contributed by atoms with Crippen molar-refractivity contribution < 1.29 is 14.6 Å². The second-order valence-electron chi connectivity index (χ2n) is 5.22. The molecule has 0 spiro atoms. The van der Waals surface area contributed by atoms with Gasteiger partial charge in [-0.3, -0.25) is 4.79 Å². The first-order chi connectivity index (χ1) is 12.2. The van der Waals surface area contributed by atoms with E-state index in [1.807, 2.05) is 54.6 Å². The van der Waals surface area contributed by atoms with Crippen molar-refractivity contribution in [1.29, 1.82) is 0 Å². The highest BCUT2D eigenvalue weighted by atomic mass is 32.2. The van der Waals surface area contributed by atoms with Gasteiger partial charge in [0.05, 0.1) is 12.8 Å². The summed E-state index contributed by atoms with van der Waals surface area (Å²) < 4.78 is 5.18. The molecule has 2 N–H and O–H groups in total. The summed E-state index contributed by atoms with van der Waals surface area (Å²) in [5.41, 5.74) is 0.788. The molecule has 3 aromatic carbocycles. The number of aromatic hydroxyl groups is 1. The molecule has 0 saturated carbocycles. The van der Waals surface area contributed by atoms with E-state index in [1.165, 1.54) is 13.2 Å². The Morgan fingerprint density at radius 1 is 0.960 bits per heavy atom. The zero-order valence-electron chi connectivity index (χ0n) is 13.6. The van der Waals surface area contributed by atoms with Crippen molar-refractivity contribution in [1.82, 2.24) is 0 Å². The molecule has 1 amide bonds. The first-order valence-electron chi connectivity index (χ1n) is 7.68. The Morgan fingerprint density at radius 2 is 1.68 bits per heavy atom. The van der Waals surface area contributed by atoms with Gasteiger partial charge in [-0.1, -0.05) is 48.2 Å². The number of amides is 1. The van der Waals surface area contributed by atoms with Crippen LogP contribution in [0.15, 0.2) is 82.6 Å². The highest BCUT2D eigenvalue weighted by Crippen LogP contribution is 2.34. The fourth-order valence-electron chi connectivity index (χ4n) is 2.38. The Balaban J connectivity index is 1.88. The number of carbonyl (C=O) groups excluding carboxylic acids is 1. The quantitative estimate of drug-likeness (QED) is 0.693. The molecule has 3 aromatic rings. The van der Waals surface area contributed by atoms with Crippen LogP contribution in [0.2, 0.25) is 0 Å². The van der Waals surface area contributed by atoms with Crippen LogP contribution < -0.4 is 10.1 Å². The number of benzene rings is 3. The molecule has 0 aliphatic heterocycles. The molecule has 0 heterocycles. The summed E-state index contributed by atoms with van der Waals surface area (Å²) in [6.45, 7) is 0. The smallest absolute Gasteiger partial charge is 0.263 e. The van der Waals surface area contributed by atoms with Gasteiger partial charge in [0, 0.05) is 9.79 Å². The standard InChI is InChI=1S/C20H17NO3S/c1-24-17-12-7-11-16(22)19(17)20(23)21-15-10-5-6-13-18(15)25-14-8-3-2-4-9-14/h2-13,22H,1H3,(H,21,23). The van der Waals surface area contributed by atoms with Crippen molar-refractivity contribution >= 4 is 23.4 Å². The summed E-state index contributed by atoms with van der Waals surface area (Å²) in [6, 6.07) is 22.2. The minimum atomic E-state index is -0.420. The molecule has 0 fully saturated rings. The van der Waals surface area contributed by atoms with Crippen LogP contribution in [-0.4, -0.2) is 18.1 Å². The van der Waals surface area contributed by atoms with Gasteiger partial charge in [-0.15, -0.1) is 0 Å². The number of hydrogen-bond donors (Lipinski definition) is 2. The molecule has 3 rings (SSSR count). The van der Waals surface area contributed by atoms with Gasteiger partial charge in [-0.05, 0) is 36.4 Å². The lowest BCUT2D eigenvalue weighted by Gasteiger charge is -2.13. The summed E-state index contributed by atoms with van der Waals surface area (Å²) in [5, 5.41) is 12.9. The lowest BCUT2D eigenvalue weighted by atomic mass is 10.1. The Labute approximate surface area is 150 Å². The van der Waals surface area contributed by atoms with Crippen LogP contribution in [0.5, 0.6) is 11.5 Å². The molecule has 0 aliphatic rings. The van der Waals surface area contributed by atoms with Crippen LogP contribution in [0.1, 0.15) is 10.4 Å². The first kappa shape index (κ1) is 16.9. The average molecular weight is 351 g/mol. The van der Waals surface area contributed by atoms with E-state index < -0.39 is 5.91 Å². The monoisotopic (exact) mass is 351 g/mol. The van der Waals surface area contributed by atoms with E-state index in [9.17, 15) is 9.90 Å². The fourth-order valence-corrected chi connectivity index (χ4v) is 3.30. The molecule has 0 radical (unpaired) electrons. The maximum Gasteiger partial charge on any atom is 0.263 e. The Morgan fingerprint density at radius 3 is 2.44 bits per heavy atom. The van der Waals surface area contributed by atoms with Crippen molar-refractivity contribution in [2.45, 2.75) is 9.79 Å². The number of anilines is 1. The Kier molecular flexibility index (Phi) is 5.26. The van der Waals surface area contributed by atoms with Gasteiger partial charge in [0.2, 0.25) is 0 Å². The second kappa shape index (κ2) is 7.77. The molecule has 126 valence electrons. The normalized spacial score (nSPS) is 10.3. The maximum absolute atomic E-state index is 12.7. The second-order valence-corrected chi connectivity index (χ2v) is 6.34. The number of rotatable bonds is 5. The molecule has 0 aromatic heterocycles. The van der Waals surface area contributed by atoms with Crippen molar-refractivity contribution in [3.05, 3.63) is 78.4 Å². The predicted octanol–water partition coefficient (Wildman–Crippen LogP) is 4.80. The lowest BCUT2D eigenvalue weighted by molar-refractivity contribution is 0.102. The number of para-hydroxylation sites is 1. The SMILES string of the molecule is COc1cccc(O)c1C(=O)Nc1ccccc1Sc1ccccc1. The van der Waals surface area contributed by atoms with Gasteiger partial charge in [-0.2, -0.15) is 0 Å². The van der Waals surface area contributed by atoms with E-state index in [0.717, 1.165) is 9.79 Å². The van der Waals surface area contributed by atoms with Crippen molar-refractivity contribution in [3.63, 3.8) is 0 Å². The van der Waals surface area contributed by atoms with Gasteiger partial charge in [0.1, 0.15) is 17.1 Å². The third-order valence-electron chi connectivity index (χ3n) is 3.56. The molecule has 5 heteroatoms. The van der Waals surface area contributed by atoms with Crippen LogP contribution in [0, 0.1) is 0 Å². The zero-order valence-corrected chi connectivity index (χ0v) is 14.4. The molecular formula is C20H17NO3S. The largest absolute Gasteiger partial charge is 0.507 e. The van der Waals surface area contributed by atoms with Crippen LogP contribution >= 0.6 is 11.8 Å². The molecule has 0 atom stereocenters. The number of phenols is 1. The molecular weight excluding hydrogens is 334 g/mol. The van der Waals surface area contributed by atoms with Crippen LogP contribution in [0.25, 0.3) is 0 Å². The van der Waals surface area contributed by atoms with E-state index >= 15 is 0 Å². The molecule has 4 nitrogen and oxygen atoms in total. The predicted molar refractivity (Wildman–Crippen MR) is 99.6 cm³/mol. The average Bonchev–Trinajstić information content (AvgIpc) is 2.63. The van der Waals surface area contributed by atoms with Crippen LogP contribution in [0.4, 0.5) is 5.69 Å². The molecule has 0 saturated heterocycles. The van der Waals surface area contributed by atoms with Gasteiger partial charge in [0.25, 0.3) is 5.91 Å². The Hall–Kier alpha value is -2.92. The first-order valence-corrected chi connectivity index (χ1v) is 8.50. The van der Waals surface area contributed by atoms with Crippen molar-refractivity contribution in [2.24, 2.45) is 0 Å². The van der Waals surface area contributed by atoms with Crippen LogP contribution in [0.3, 0.4) is 0 Å². The topological polar surface area (TPSA) is 58.6 Å². The van der Waals surface area contributed by atoms with Gasteiger partial charge >= 0.3 is 0 Å². The van der Waals surface area contributed by atoms with Crippen molar-refractivity contribution in [2.75, 3.05) is 12.4 Å². The number of ether oxygens (including phenoxy) is 1. The van der Waals surface area contributed by atoms with Gasteiger partial charge in [-0.25, -0.2) is 0 Å². The van der Waals surface area contributed by atoms with E-state index in [1.54, 1.807) is 23.9 Å². The van der Waals surface area contributed by atoms with E-state index in [0.29, 0.717) is 11.4 Å². The minimum Gasteiger partial charge on any atom is -0.507 e. The number of hydrogen-bond acceptors (Lipinski definition) is 4. The highest BCUT2D eigenvalue weighted by molar-refractivity contribution is 7.99. The summed E-state index contributed by atoms with van der Waals surface area (Å²) in [4.78, 5) is 14.6. The summed E-state index contributed by atoms with van der Waals surface area (Å²) in [7, 11) is 1.46. The van der Waals surface area contributed by atoms with Crippen LogP contribution in [-0.2, 0) is 0 Å². The van der Waals surface area contributed by atoms with Crippen molar-refractivity contribution in [3.8, 4) is 11.5 Å². The number of nitrogens with one attached hydrogen (secondary N) is 1. The van der Waals surface area contributed by atoms with E-state index in [-0.39, 0.29) is 11.3 Å². The summed E-state index contributed by atoms with van der Waals surface area (Å²) in [6.07, 6.45) is 0. The molecule has 0 bridgehead atoms. The number of phenolic OH excluding ortho intramolecular Hbond substituents is 1. The third-order valence-corrected chi connectivity index (χ3v) is 4.64. The Bertz CT molecular complexity index is 881.